The van der Waals surface area contributed by atoms with Crippen molar-refractivity contribution in [3.8, 4) is 11.8 Å². The Morgan fingerprint density at radius 2 is 2.08 bits per heavy atom. The van der Waals surface area contributed by atoms with Crippen LogP contribution in [0.1, 0.15) is 11.1 Å². The van der Waals surface area contributed by atoms with Crippen LogP contribution in [-0.2, 0) is 11.4 Å². The highest BCUT2D eigenvalue weighted by Gasteiger charge is 2.11. The molecule has 0 fully saturated rings. The van der Waals surface area contributed by atoms with Gasteiger partial charge in [-0.1, -0.05) is 18.2 Å². The Kier molecular flexibility index (Phi) is 6.47. The summed E-state index contributed by atoms with van der Waals surface area (Å²) in [6, 6.07) is 11.6. The number of benzene rings is 2. The number of nitrogens with zero attached hydrogens (tertiary/aromatic N) is 1. The molecule has 0 aliphatic heterocycles. The number of halogens is 2. The zero-order valence-electron chi connectivity index (χ0n) is 13.3. The molecule has 132 valence electrons. The summed E-state index contributed by atoms with van der Waals surface area (Å²) in [6.07, 6.45) is 1.30. The van der Waals surface area contributed by atoms with E-state index in [2.05, 4.69) is 15.9 Å². The number of urea groups is 1. The van der Waals surface area contributed by atoms with E-state index in [0.29, 0.717) is 21.3 Å². The third-order valence-corrected chi connectivity index (χ3v) is 3.77. The maximum Gasteiger partial charge on any atom is 0.319 e. The molecule has 3 N–H and O–H groups in total. The van der Waals surface area contributed by atoms with Crippen molar-refractivity contribution >= 4 is 33.9 Å². The van der Waals surface area contributed by atoms with E-state index < -0.39 is 11.9 Å². The average Bonchev–Trinajstić information content (AvgIpc) is 2.58. The standard InChI is InChI=1S/C18H13BrFN3O3/c19-15-8-11(6-13(9-21)17(24)23-18(22)25)4-5-16(15)26-10-12-2-1-3-14(20)7-12/h1-8H,10H2,(H3,22,23,24,25)/b13-6-. The molecule has 0 spiro atoms. The Bertz CT molecular complexity index is 922. The van der Waals surface area contributed by atoms with Crippen LogP contribution >= 0.6 is 15.9 Å². The van der Waals surface area contributed by atoms with Crippen LogP contribution in [0.25, 0.3) is 6.08 Å². The second-order valence-corrected chi connectivity index (χ2v) is 5.95. The van der Waals surface area contributed by atoms with E-state index in [1.165, 1.54) is 18.2 Å². The molecule has 0 saturated carbocycles. The fraction of sp³-hybridized carbons (Fsp3) is 0.0556. The minimum Gasteiger partial charge on any atom is -0.488 e. The lowest BCUT2D eigenvalue weighted by Gasteiger charge is -2.09. The van der Waals surface area contributed by atoms with Gasteiger partial charge in [-0.3, -0.25) is 10.1 Å². The Morgan fingerprint density at radius 1 is 1.31 bits per heavy atom. The van der Waals surface area contributed by atoms with E-state index >= 15 is 0 Å². The number of imide groups is 1. The van der Waals surface area contributed by atoms with Crippen LogP contribution in [0.3, 0.4) is 0 Å². The molecule has 0 unspecified atom stereocenters. The first-order chi connectivity index (χ1) is 12.4. The molecular weight excluding hydrogens is 405 g/mol. The SMILES string of the molecule is N#C/C(=C/c1ccc(OCc2cccc(F)c2)c(Br)c1)C(=O)NC(N)=O. The maximum atomic E-state index is 13.2. The van der Waals surface area contributed by atoms with Gasteiger partial charge in [0, 0.05) is 0 Å². The number of carbonyl (C=O) groups is 2. The van der Waals surface area contributed by atoms with Gasteiger partial charge in [0.25, 0.3) is 5.91 Å². The minimum absolute atomic E-state index is 0.177. The van der Waals surface area contributed by atoms with Gasteiger partial charge in [0.15, 0.2) is 0 Å². The molecule has 26 heavy (non-hydrogen) atoms. The summed E-state index contributed by atoms with van der Waals surface area (Å²) in [5, 5.41) is 10.9. The van der Waals surface area contributed by atoms with Crippen LogP contribution in [0, 0.1) is 17.1 Å². The third kappa shape index (κ3) is 5.43. The number of amides is 3. The molecule has 0 atom stereocenters. The molecule has 2 rings (SSSR count). The molecule has 6 nitrogen and oxygen atoms in total. The number of primary amides is 1. The van der Waals surface area contributed by atoms with Gasteiger partial charge in [0.1, 0.15) is 29.8 Å². The lowest BCUT2D eigenvalue weighted by molar-refractivity contribution is -0.115. The van der Waals surface area contributed by atoms with E-state index in [9.17, 15) is 14.0 Å². The number of hydrogen-bond acceptors (Lipinski definition) is 4. The van der Waals surface area contributed by atoms with Crippen molar-refractivity contribution in [2.75, 3.05) is 0 Å². The Labute approximate surface area is 157 Å². The normalized spacial score (nSPS) is 10.7. The van der Waals surface area contributed by atoms with Gasteiger partial charge in [-0.25, -0.2) is 9.18 Å². The molecule has 0 aromatic heterocycles. The number of carbonyl (C=O) groups excluding carboxylic acids is 2. The summed E-state index contributed by atoms with van der Waals surface area (Å²) in [4.78, 5) is 22.4. The first kappa shape index (κ1) is 19.1. The second-order valence-electron chi connectivity index (χ2n) is 5.10. The summed E-state index contributed by atoms with van der Waals surface area (Å²) < 4.78 is 19.4. The van der Waals surface area contributed by atoms with Crippen LogP contribution in [0.5, 0.6) is 5.75 Å². The molecule has 0 radical (unpaired) electrons. The van der Waals surface area contributed by atoms with Crippen molar-refractivity contribution in [1.29, 1.82) is 5.26 Å². The molecule has 2 aromatic carbocycles. The van der Waals surface area contributed by atoms with Gasteiger partial charge in [-0.2, -0.15) is 5.26 Å². The van der Waals surface area contributed by atoms with E-state index in [1.807, 2.05) is 5.32 Å². The molecule has 0 saturated heterocycles. The lowest BCUT2D eigenvalue weighted by Crippen LogP contribution is -2.35. The first-order valence-electron chi connectivity index (χ1n) is 7.28. The summed E-state index contributed by atoms with van der Waals surface area (Å²) >= 11 is 3.34. The van der Waals surface area contributed by atoms with Gasteiger partial charge in [-0.15, -0.1) is 0 Å². The number of nitrogens with two attached hydrogens (primary N) is 1. The fourth-order valence-corrected chi connectivity index (χ4v) is 2.52. The summed E-state index contributed by atoms with van der Waals surface area (Å²) in [7, 11) is 0. The average molecular weight is 418 g/mol. The highest BCUT2D eigenvalue weighted by Crippen LogP contribution is 2.27. The van der Waals surface area contributed by atoms with Crippen LogP contribution < -0.4 is 15.8 Å². The Balaban J connectivity index is 2.13. The number of nitrogens with one attached hydrogen (secondary N) is 1. The number of ether oxygens (including phenoxy) is 1. The predicted octanol–water partition coefficient (Wildman–Crippen LogP) is 3.27. The quantitative estimate of drug-likeness (QED) is 0.574. The molecule has 3 amide bonds. The lowest BCUT2D eigenvalue weighted by atomic mass is 10.1. The van der Waals surface area contributed by atoms with E-state index in [4.69, 9.17) is 15.7 Å². The van der Waals surface area contributed by atoms with Crippen molar-refractivity contribution in [3.63, 3.8) is 0 Å². The van der Waals surface area contributed by atoms with E-state index in [1.54, 1.807) is 36.4 Å². The topological polar surface area (TPSA) is 105 Å². The Morgan fingerprint density at radius 3 is 2.69 bits per heavy atom. The first-order valence-corrected chi connectivity index (χ1v) is 8.07. The van der Waals surface area contributed by atoms with Gasteiger partial charge >= 0.3 is 6.03 Å². The highest BCUT2D eigenvalue weighted by atomic mass is 79.9. The molecule has 0 aliphatic carbocycles. The number of rotatable bonds is 5. The molecule has 0 heterocycles. The summed E-state index contributed by atoms with van der Waals surface area (Å²) in [5.74, 6) is -0.724. The van der Waals surface area contributed by atoms with E-state index in [-0.39, 0.29) is 18.0 Å². The minimum atomic E-state index is -1.04. The third-order valence-electron chi connectivity index (χ3n) is 3.15. The monoisotopic (exact) mass is 417 g/mol. The smallest absolute Gasteiger partial charge is 0.319 e. The zero-order valence-corrected chi connectivity index (χ0v) is 14.9. The zero-order chi connectivity index (χ0) is 19.1. The summed E-state index contributed by atoms with van der Waals surface area (Å²) in [6.45, 7) is 0.177. The van der Waals surface area contributed by atoms with Crippen LogP contribution in [0.15, 0.2) is 52.5 Å². The molecular formula is C18H13BrFN3O3. The van der Waals surface area contributed by atoms with Crippen LogP contribution in [0.4, 0.5) is 9.18 Å². The fourth-order valence-electron chi connectivity index (χ4n) is 2.01. The highest BCUT2D eigenvalue weighted by molar-refractivity contribution is 9.10. The van der Waals surface area contributed by atoms with Gasteiger partial charge in [-0.05, 0) is 57.4 Å². The largest absolute Gasteiger partial charge is 0.488 e. The van der Waals surface area contributed by atoms with Crippen molar-refractivity contribution in [2.45, 2.75) is 6.61 Å². The van der Waals surface area contributed by atoms with Crippen molar-refractivity contribution in [1.82, 2.24) is 5.32 Å². The number of hydrogen-bond donors (Lipinski definition) is 2. The molecule has 8 heteroatoms. The van der Waals surface area contributed by atoms with Crippen molar-refractivity contribution in [3.05, 3.63) is 69.5 Å². The molecule has 0 aliphatic rings. The van der Waals surface area contributed by atoms with Crippen molar-refractivity contribution in [2.24, 2.45) is 5.73 Å². The second kappa shape index (κ2) is 8.78. The Hall–Kier alpha value is -3.18. The molecule has 0 bridgehead atoms. The van der Waals surface area contributed by atoms with Gasteiger partial charge < -0.3 is 10.5 Å². The number of nitriles is 1. The van der Waals surface area contributed by atoms with Gasteiger partial charge in [0.2, 0.25) is 0 Å². The van der Waals surface area contributed by atoms with E-state index in [0.717, 1.165) is 0 Å². The maximum absolute atomic E-state index is 13.2. The van der Waals surface area contributed by atoms with Crippen molar-refractivity contribution < 1.29 is 18.7 Å². The molecule has 2 aromatic rings. The summed E-state index contributed by atoms with van der Waals surface area (Å²) in [5.41, 5.74) is 5.79. The van der Waals surface area contributed by atoms with Crippen LogP contribution in [-0.4, -0.2) is 11.9 Å². The predicted molar refractivity (Wildman–Crippen MR) is 96.2 cm³/mol. The van der Waals surface area contributed by atoms with Gasteiger partial charge in [0.05, 0.1) is 4.47 Å². The van der Waals surface area contributed by atoms with Crippen LogP contribution in [0.2, 0.25) is 0 Å².